The number of carboxylic acid groups (broad SMARTS) is 1. The van der Waals surface area contributed by atoms with E-state index in [1.165, 1.54) is 0 Å². The van der Waals surface area contributed by atoms with Gasteiger partial charge in [0.25, 0.3) is 0 Å². The van der Waals surface area contributed by atoms with Gasteiger partial charge in [-0.25, -0.2) is 0 Å². The first-order chi connectivity index (χ1) is 9.16. The van der Waals surface area contributed by atoms with Gasteiger partial charge >= 0.3 is 5.97 Å². The minimum Gasteiger partial charge on any atom is -0.481 e. The average Bonchev–Trinajstić information content (AvgIpc) is 2.46. The molecule has 1 N–H and O–H groups in total. The summed E-state index contributed by atoms with van der Waals surface area (Å²) in [6, 6.07) is 9.88. The number of hydrogen-bond donors (Lipinski definition) is 1. The van der Waals surface area contributed by atoms with Crippen LogP contribution in [-0.2, 0) is 16.0 Å². The number of piperidine rings is 1. The summed E-state index contributed by atoms with van der Waals surface area (Å²) in [5.41, 5.74) is 1.14. The van der Waals surface area contributed by atoms with E-state index in [-0.39, 0.29) is 5.91 Å². The number of carboxylic acids is 1. The van der Waals surface area contributed by atoms with Gasteiger partial charge in [0.05, 0.1) is 5.92 Å². The number of likely N-dealkylation sites (tertiary alicyclic amines) is 1. The number of amides is 1. The van der Waals surface area contributed by atoms with Gasteiger partial charge in [0, 0.05) is 19.5 Å². The van der Waals surface area contributed by atoms with Crippen molar-refractivity contribution in [3.05, 3.63) is 35.9 Å². The van der Waals surface area contributed by atoms with E-state index in [9.17, 15) is 9.59 Å². The Kier molecular flexibility index (Phi) is 4.55. The summed E-state index contributed by atoms with van der Waals surface area (Å²) in [4.78, 5) is 24.7. The number of carbonyl (C=O) groups is 2. The maximum atomic E-state index is 12.1. The zero-order valence-corrected chi connectivity index (χ0v) is 10.9. The number of aliphatic carboxylic acids is 1. The normalized spacial score (nSPS) is 19.2. The second kappa shape index (κ2) is 6.36. The van der Waals surface area contributed by atoms with Crippen molar-refractivity contribution in [3.8, 4) is 0 Å². The van der Waals surface area contributed by atoms with E-state index in [1.54, 1.807) is 4.90 Å². The van der Waals surface area contributed by atoms with Crippen molar-refractivity contribution in [2.75, 3.05) is 13.1 Å². The van der Waals surface area contributed by atoms with Gasteiger partial charge in [0.15, 0.2) is 0 Å². The van der Waals surface area contributed by atoms with E-state index in [1.807, 2.05) is 30.3 Å². The zero-order chi connectivity index (χ0) is 13.7. The molecule has 1 saturated heterocycles. The smallest absolute Gasteiger partial charge is 0.308 e. The van der Waals surface area contributed by atoms with Gasteiger partial charge in [-0.1, -0.05) is 30.3 Å². The maximum absolute atomic E-state index is 12.1. The molecule has 0 unspecified atom stereocenters. The fourth-order valence-corrected chi connectivity index (χ4v) is 2.46. The number of aryl methyl sites for hydroxylation is 1. The predicted molar refractivity (Wildman–Crippen MR) is 71.7 cm³/mol. The van der Waals surface area contributed by atoms with Crippen LogP contribution < -0.4 is 0 Å². The Labute approximate surface area is 113 Å². The summed E-state index contributed by atoms with van der Waals surface area (Å²) in [6.45, 7) is 1.06. The Balaban J connectivity index is 1.84. The van der Waals surface area contributed by atoms with Crippen molar-refractivity contribution in [1.82, 2.24) is 4.90 Å². The summed E-state index contributed by atoms with van der Waals surface area (Å²) >= 11 is 0. The molecular formula is C15H19NO3. The summed E-state index contributed by atoms with van der Waals surface area (Å²) in [6.07, 6.45) is 2.64. The van der Waals surface area contributed by atoms with Crippen molar-refractivity contribution in [2.24, 2.45) is 5.92 Å². The van der Waals surface area contributed by atoms with Crippen molar-refractivity contribution < 1.29 is 14.7 Å². The molecule has 4 nitrogen and oxygen atoms in total. The Morgan fingerprint density at radius 3 is 2.68 bits per heavy atom. The van der Waals surface area contributed by atoms with Crippen LogP contribution in [0.5, 0.6) is 0 Å². The third-order valence-electron chi connectivity index (χ3n) is 3.59. The van der Waals surface area contributed by atoms with Crippen LogP contribution in [0.3, 0.4) is 0 Å². The van der Waals surface area contributed by atoms with E-state index in [0.29, 0.717) is 32.4 Å². The molecule has 1 aliphatic rings. The van der Waals surface area contributed by atoms with E-state index < -0.39 is 11.9 Å². The molecule has 0 bridgehead atoms. The molecular weight excluding hydrogens is 242 g/mol. The highest BCUT2D eigenvalue weighted by Crippen LogP contribution is 2.17. The summed E-state index contributed by atoms with van der Waals surface area (Å²) < 4.78 is 0. The largest absolute Gasteiger partial charge is 0.481 e. The lowest BCUT2D eigenvalue weighted by atomic mass is 9.97. The Morgan fingerprint density at radius 1 is 1.26 bits per heavy atom. The van der Waals surface area contributed by atoms with Crippen molar-refractivity contribution >= 4 is 11.9 Å². The minimum absolute atomic E-state index is 0.0646. The number of carbonyl (C=O) groups excluding carboxylic acids is 1. The summed E-state index contributed by atoms with van der Waals surface area (Å²) in [7, 11) is 0. The van der Waals surface area contributed by atoms with E-state index in [2.05, 4.69) is 0 Å². The standard InChI is InChI=1S/C15H19NO3/c17-14(9-8-12-5-2-1-3-6-12)16-10-4-7-13(11-16)15(18)19/h1-3,5-6,13H,4,7-11H2,(H,18,19)/t13-/m0/s1. The lowest BCUT2D eigenvalue weighted by Gasteiger charge is -2.30. The molecule has 1 fully saturated rings. The molecule has 0 spiro atoms. The van der Waals surface area contributed by atoms with Crippen LogP contribution in [0.15, 0.2) is 30.3 Å². The first-order valence-electron chi connectivity index (χ1n) is 6.71. The second-order valence-electron chi connectivity index (χ2n) is 5.00. The molecule has 1 aromatic rings. The lowest BCUT2D eigenvalue weighted by Crippen LogP contribution is -2.42. The van der Waals surface area contributed by atoms with Crippen LogP contribution in [0.2, 0.25) is 0 Å². The highest BCUT2D eigenvalue weighted by Gasteiger charge is 2.27. The molecule has 1 aliphatic heterocycles. The van der Waals surface area contributed by atoms with Crippen LogP contribution >= 0.6 is 0 Å². The van der Waals surface area contributed by atoms with Crippen LogP contribution in [0.1, 0.15) is 24.8 Å². The van der Waals surface area contributed by atoms with Crippen LogP contribution in [0, 0.1) is 5.92 Å². The number of benzene rings is 1. The van der Waals surface area contributed by atoms with E-state index in [0.717, 1.165) is 12.0 Å². The maximum Gasteiger partial charge on any atom is 0.308 e. The Bertz CT molecular complexity index is 444. The Morgan fingerprint density at radius 2 is 2.00 bits per heavy atom. The number of hydrogen-bond acceptors (Lipinski definition) is 2. The second-order valence-corrected chi connectivity index (χ2v) is 5.00. The SMILES string of the molecule is O=C(O)[C@H]1CCCN(C(=O)CCc2ccccc2)C1. The summed E-state index contributed by atoms with van der Waals surface area (Å²) in [5, 5.41) is 9.01. The van der Waals surface area contributed by atoms with E-state index in [4.69, 9.17) is 5.11 Å². The Hall–Kier alpha value is -1.84. The quantitative estimate of drug-likeness (QED) is 0.901. The molecule has 1 heterocycles. The number of nitrogens with zero attached hydrogens (tertiary/aromatic N) is 1. The van der Waals surface area contributed by atoms with Crippen molar-refractivity contribution in [2.45, 2.75) is 25.7 Å². The van der Waals surface area contributed by atoms with Gasteiger partial charge in [0.1, 0.15) is 0 Å². The van der Waals surface area contributed by atoms with Gasteiger partial charge in [-0.3, -0.25) is 9.59 Å². The van der Waals surface area contributed by atoms with Crippen molar-refractivity contribution in [1.29, 1.82) is 0 Å². The fraction of sp³-hybridized carbons (Fsp3) is 0.467. The minimum atomic E-state index is -0.791. The molecule has 1 aromatic carbocycles. The molecule has 0 aromatic heterocycles. The molecule has 102 valence electrons. The third-order valence-corrected chi connectivity index (χ3v) is 3.59. The molecule has 1 atom stereocenters. The molecule has 0 radical (unpaired) electrons. The third kappa shape index (κ3) is 3.81. The molecule has 19 heavy (non-hydrogen) atoms. The highest BCUT2D eigenvalue weighted by atomic mass is 16.4. The lowest BCUT2D eigenvalue weighted by molar-refractivity contribution is -0.145. The molecule has 1 amide bonds. The van der Waals surface area contributed by atoms with Gasteiger partial charge in [0.2, 0.25) is 5.91 Å². The molecule has 0 saturated carbocycles. The van der Waals surface area contributed by atoms with Gasteiger partial charge < -0.3 is 10.0 Å². The number of rotatable bonds is 4. The predicted octanol–water partition coefficient (Wildman–Crippen LogP) is 1.94. The van der Waals surface area contributed by atoms with Gasteiger partial charge in [-0.2, -0.15) is 0 Å². The first-order valence-corrected chi connectivity index (χ1v) is 6.71. The van der Waals surface area contributed by atoms with Crippen LogP contribution in [0.25, 0.3) is 0 Å². The fourth-order valence-electron chi connectivity index (χ4n) is 2.46. The van der Waals surface area contributed by atoms with E-state index >= 15 is 0 Å². The summed E-state index contributed by atoms with van der Waals surface area (Å²) in [5.74, 6) is -1.12. The van der Waals surface area contributed by atoms with Crippen LogP contribution in [0.4, 0.5) is 0 Å². The average molecular weight is 261 g/mol. The topological polar surface area (TPSA) is 57.6 Å². The van der Waals surface area contributed by atoms with Gasteiger partial charge in [-0.05, 0) is 24.8 Å². The molecule has 2 rings (SSSR count). The van der Waals surface area contributed by atoms with Crippen LogP contribution in [-0.4, -0.2) is 35.0 Å². The molecule has 4 heteroatoms. The monoisotopic (exact) mass is 261 g/mol. The van der Waals surface area contributed by atoms with Gasteiger partial charge in [-0.15, -0.1) is 0 Å². The highest BCUT2D eigenvalue weighted by molar-refractivity contribution is 5.78. The molecule has 0 aliphatic carbocycles. The van der Waals surface area contributed by atoms with Crippen molar-refractivity contribution in [3.63, 3.8) is 0 Å². The zero-order valence-electron chi connectivity index (χ0n) is 10.9. The first kappa shape index (κ1) is 13.6.